The molecular formula is C18H23NO7S. The molecule has 1 heterocycles. The van der Waals surface area contributed by atoms with Gasteiger partial charge in [0.15, 0.2) is 6.10 Å². The number of rotatable bonds is 7. The lowest BCUT2D eigenvalue weighted by molar-refractivity contribution is -0.163. The van der Waals surface area contributed by atoms with E-state index in [4.69, 9.17) is 9.47 Å². The van der Waals surface area contributed by atoms with Crippen molar-refractivity contribution in [3.8, 4) is 0 Å². The Kier molecular flexibility index (Phi) is 6.98. The zero-order valence-corrected chi connectivity index (χ0v) is 16.2. The fraction of sp³-hybridized carbons (Fsp3) is 0.444. The van der Waals surface area contributed by atoms with E-state index in [1.165, 1.54) is 38.4 Å². The number of benzene rings is 1. The first-order chi connectivity index (χ1) is 12.8. The van der Waals surface area contributed by atoms with Gasteiger partial charge in [0.2, 0.25) is 0 Å². The van der Waals surface area contributed by atoms with E-state index in [1.54, 1.807) is 25.1 Å². The van der Waals surface area contributed by atoms with Gasteiger partial charge in [-0.1, -0.05) is 24.3 Å². The lowest BCUT2D eigenvalue weighted by atomic mass is 10.0. The third-order valence-corrected chi connectivity index (χ3v) is 5.79. The highest BCUT2D eigenvalue weighted by atomic mass is 32.2. The monoisotopic (exact) mass is 397 g/mol. The van der Waals surface area contributed by atoms with Crippen LogP contribution in [-0.2, 0) is 33.8 Å². The fourth-order valence-electron chi connectivity index (χ4n) is 2.63. The Bertz CT molecular complexity index is 791. The summed E-state index contributed by atoms with van der Waals surface area (Å²) in [4.78, 5) is 23.8. The number of nitrogens with zero attached hydrogens (tertiary/aromatic N) is 1. The molecular weight excluding hydrogens is 374 g/mol. The molecule has 9 heteroatoms. The van der Waals surface area contributed by atoms with Gasteiger partial charge in [0.05, 0.1) is 24.5 Å². The maximum atomic E-state index is 13.0. The van der Waals surface area contributed by atoms with Gasteiger partial charge in [-0.2, -0.15) is 0 Å². The van der Waals surface area contributed by atoms with Crippen molar-refractivity contribution in [3.05, 3.63) is 42.6 Å². The molecule has 0 radical (unpaired) electrons. The van der Waals surface area contributed by atoms with Crippen LogP contribution in [-0.4, -0.2) is 50.7 Å². The van der Waals surface area contributed by atoms with Gasteiger partial charge in [-0.3, -0.25) is 4.79 Å². The highest BCUT2D eigenvalue weighted by Gasteiger charge is 2.38. The van der Waals surface area contributed by atoms with Crippen molar-refractivity contribution in [3.63, 3.8) is 0 Å². The number of hydrogen-bond donors (Lipinski definition) is 0. The summed E-state index contributed by atoms with van der Waals surface area (Å²) in [5.41, 5.74) is 0. The molecule has 0 saturated heterocycles. The van der Waals surface area contributed by atoms with Crippen LogP contribution in [0.25, 0.3) is 0 Å². The lowest BCUT2D eigenvalue weighted by Gasteiger charge is -2.35. The first kappa shape index (κ1) is 20.9. The number of esters is 2. The number of hydrogen-bond acceptors (Lipinski definition) is 7. The Morgan fingerprint density at radius 3 is 2.52 bits per heavy atom. The third kappa shape index (κ3) is 4.86. The molecule has 0 N–H and O–H groups in total. The van der Waals surface area contributed by atoms with E-state index in [0.717, 1.165) is 4.31 Å². The molecule has 0 unspecified atom stereocenters. The first-order valence-corrected chi connectivity index (χ1v) is 9.92. The van der Waals surface area contributed by atoms with Crippen LogP contribution in [0.4, 0.5) is 0 Å². The summed E-state index contributed by atoms with van der Waals surface area (Å²) in [5, 5.41) is 0. The molecule has 2 rings (SSSR count). The molecule has 0 amide bonds. The zero-order chi connectivity index (χ0) is 20.0. The predicted molar refractivity (Wildman–Crippen MR) is 95.7 cm³/mol. The van der Waals surface area contributed by atoms with Gasteiger partial charge in [-0.15, -0.1) is 0 Å². The van der Waals surface area contributed by atoms with E-state index in [0.29, 0.717) is 0 Å². The Labute approximate surface area is 158 Å². The Balaban J connectivity index is 2.35. The van der Waals surface area contributed by atoms with Crippen LogP contribution in [0.5, 0.6) is 0 Å². The minimum absolute atomic E-state index is 0.0166. The molecule has 0 aromatic heterocycles. The second kappa shape index (κ2) is 9.01. The highest BCUT2D eigenvalue weighted by molar-refractivity contribution is 7.89. The van der Waals surface area contributed by atoms with Gasteiger partial charge in [-0.05, 0) is 26.0 Å². The van der Waals surface area contributed by atoms with Crippen molar-refractivity contribution in [1.29, 1.82) is 0 Å². The van der Waals surface area contributed by atoms with Crippen LogP contribution in [0.2, 0.25) is 0 Å². The van der Waals surface area contributed by atoms with E-state index in [-0.39, 0.29) is 17.9 Å². The fourth-order valence-corrected chi connectivity index (χ4v) is 4.05. The van der Waals surface area contributed by atoms with Crippen molar-refractivity contribution in [1.82, 2.24) is 4.31 Å². The van der Waals surface area contributed by atoms with Gasteiger partial charge in [0.1, 0.15) is 6.23 Å². The molecule has 3 atom stereocenters. The van der Waals surface area contributed by atoms with Gasteiger partial charge < -0.3 is 14.2 Å². The Hall–Kier alpha value is -2.39. The van der Waals surface area contributed by atoms with Crippen LogP contribution in [0.15, 0.2) is 47.5 Å². The molecule has 1 aromatic rings. The summed E-state index contributed by atoms with van der Waals surface area (Å²) in [7, 11) is -2.72. The van der Waals surface area contributed by atoms with Crippen LogP contribution < -0.4 is 0 Å². The lowest BCUT2D eigenvalue weighted by Crippen LogP contribution is -2.45. The molecule has 27 heavy (non-hydrogen) atoms. The van der Waals surface area contributed by atoms with Crippen molar-refractivity contribution in [2.24, 2.45) is 5.92 Å². The number of carbonyl (C=O) groups excluding carboxylic acids is 2. The molecule has 148 valence electrons. The summed E-state index contributed by atoms with van der Waals surface area (Å²) in [6.07, 6.45) is 0.679. The van der Waals surface area contributed by atoms with Gasteiger partial charge >= 0.3 is 11.9 Å². The number of ether oxygens (including phenoxy) is 3. The number of methoxy groups -OCH3 is 1. The van der Waals surface area contributed by atoms with E-state index >= 15 is 0 Å². The van der Waals surface area contributed by atoms with E-state index in [2.05, 4.69) is 4.74 Å². The summed E-state index contributed by atoms with van der Waals surface area (Å²) in [5.74, 6) is -1.80. The normalized spacial score (nSPS) is 20.8. The molecule has 0 spiro atoms. The maximum Gasteiger partial charge on any atom is 0.334 e. The van der Waals surface area contributed by atoms with Crippen molar-refractivity contribution < 1.29 is 32.2 Å². The summed E-state index contributed by atoms with van der Waals surface area (Å²) in [6.45, 7) is 3.35. The van der Waals surface area contributed by atoms with Gasteiger partial charge in [-0.25, -0.2) is 17.5 Å². The zero-order valence-electron chi connectivity index (χ0n) is 15.4. The minimum atomic E-state index is -3.93. The standard InChI is InChI=1S/C18H23NO7S/c1-4-25-18(21)14-10-11-19(16(12-14)26-13(2)17(20)24-3)27(22,23)15-8-6-5-7-9-15/h5-11,13-14,16H,4,12H2,1-3H3/t13-,14-,16-/m1/s1. The topological polar surface area (TPSA) is 99.2 Å². The van der Waals surface area contributed by atoms with Crippen molar-refractivity contribution in [2.45, 2.75) is 37.5 Å². The maximum absolute atomic E-state index is 13.0. The molecule has 0 fully saturated rings. The Morgan fingerprint density at radius 1 is 1.26 bits per heavy atom. The second-order valence-electron chi connectivity index (χ2n) is 5.84. The molecule has 0 bridgehead atoms. The number of carbonyl (C=O) groups is 2. The molecule has 0 aliphatic carbocycles. The SMILES string of the molecule is CCOC(=O)[C@@H]1C=CN(S(=O)(=O)c2ccccc2)[C@H](O[C@H](C)C(=O)OC)C1. The molecule has 8 nitrogen and oxygen atoms in total. The predicted octanol–water partition coefficient (Wildman–Crippen LogP) is 1.68. The molecule has 0 saturated carbocycles. The molecule has 1 aliphatic heterocycles. The van der Waals surface area contributed by atoms with E-state index in [9.17, 15) is 18.0 Å². The summed E-state index contributed by atoms with van der Waals surface area (Å²) in [6, 6.07) is 7.84. The van der Waals surface area contributed by atoms with Crippen LogP contribution >= 0.6 is 0 Å². The largest absolute Gasteiger partial charge is 0.467 e. The van der Waals surface area contributed by atoms with Crippen molar-refractivity contribution >= 4 is 22.0 Å². The van der Waals surface area contributed by atoms with Crippen LogP contribution in [0.3, 0.4) is 0 Å². The smallest absolute Gasteiger partial charge is 0.334 e. The van der Waals surface area contributed by atoms with Crippen LogP contribution in [0, 0.1) is 5.92 Å². The number of sulfonamides is 1. The molecule has 1 aliphatic rings. The quantitative estimate of drug-likeness (QED) is 0.646. The molecule has 1 aromatic carbocycles. The van der Waals surface area contributed by atoms with Gasteiger partial charge in [0, 0.05) is 12.6 Å². The van der Waals surface area contributed by atoms with Crippen LogP contribution in [0.1, 0.15) is 20.3 Å². The summed E-state index contributed by atoms with van der Waals surface area (Å²) >= 11 is 0. The van der Waals surface area contributed by atoms with Crippen molar-refractivity contribution in [2.75, 3.05) is 13.7 Å². The third-order valence-electron chi connectivity index (χ3n) is 4.01. The van der Waals surface area contributed by atoms with E-state index < -0.39 is 40.2 Å². The average Bonchev–Trinajstić information content (AvgIpc) is 2.67. The first-order valence-electron chi connectivity index (χ1n) is 8.48. The minimum Gasteiger partial charge on any atom is -0.467 e. The van der Waals surface area contributed by atoms with E-state index in [1.807, 2.05) is 0 Å². The summed E-state index contributed by atoms with van der Waals surface area (Å²) < 4.78 is 42.2. The average molecular weight is 397 g/mol. The highest BCUT2D eigenvalue weighted by Crippen LogP contribution is 2.29. The second-order valence-corrected chi connectivity index (χ2v) is 7.68. The Morgan fingerprint density at radius 2 is 1.93 bits per heavy atom. The van der Waals surface area contributed by atoms with Gasteiger partial charge in [0.25, 0.3) is 10.0 Å².